The van der Waals surface area contributed by atoms with Gasteiger partial charge in [-0.25, -0.2) is 0 Å². The van der Waals surface area contributed by atoms with Crippen molar-refractivity contribution in [3.05, 3.63) is 51.5 Å². The highest BCUT2D eigenvalue weighted by Gasteiger charge is 2.29. The first-order valence-corrected chi connectivity index (χ1v) is 9.19. The number of aromatic nitrogens is 1. The Kier molecular flexibility index (Phi) is 5.54. The summed E-state index contributed by atoms with van der Waals surface area (Å²) in [6.45, 7) is 3.64. The molecule has 0 spiro atoms. The summed E-state index contributed by atoms with van der Waals surface area (Å²) >= 11 is 1.75. The van der Waals surface area contributed by atoms with Crippen LogP contribution >= 0.6 is 23.7 Å². The number of hydrogen-bond acceptors (Lipinski definition) is 4. The summed E-state index contributed by atoms with van der Waals surface area (Å²) in [4.78, 5) is 18.7. The van der Waals surface area contributed by atoms with Crippen molar-refractivity contribution in [3.8, 4) is 0 Å². The molecular formula is C18H22ClN3OS. The zero-order valence-corrected chi connectivity index (χ0v) is 15.2. The van der Waals surface area contributed by atoms with E-state index in [0.717, 1.165) is 38.9 Å². The topological polar surface area (TPSA) is 45.2 Å². The van der Waals surface area contributed by atoms with Crippen LogP contribution in [0.25, 0.3) is 0 Å². The molecular weight excluding hydrogens is 342 g/mol. The molecule has 2 aromatic rings. The summed E-state index contributed by atoms with van der Waals surface area (Å²) in [7, 11) is 0. The number of nitrogens with zero attached hydrogens (tertiary/aromatic N) is 2. The first-order chi connectivity index (χ1) is 11.3. The van der Waals surface area contributed by atoms with Crippen molar-refractivity contribution in [2.75, 3.05) is 6.54 Å². The highest BCUT2D eigenvalue weighted by Crippen LogP contribution is 2.29. The van der Waals surface area contributed by atoms with E-state index < -0.39 is 0 Å². The van der Waals surface area contributed by atoms with Crippen LogP contribution in [-0.4, -0.2) is 22.3 Å². The molecule has 4 nitrogen and oxygen atoms in total. The molecule has 0 atom stereocenters. The van der Waals surface area contributed by atoms with Crippen molar-refractivity contribution < 1.29 is 4.79 Å². The summed E-state index contributed by atoms with van der Waals surface area (Å²) < 4.78 is 0. The van der Waals surface area contributed by atoms with Gasteiger partial charge in [0, 0.05) is 44.5 Å². The van der Waals surface area contributed by atoms with Crippen molar-refractivity contribution in [2.45, 2.75) is 38.9 Å². The molecule has 2 aliphatic rings. The second-order valence-corrected chi connectivity index (χ2v) is 7.30. The number of amides is 1. The molecule has 128 valence electrons. The third-order valence-corrected chi connectivity index (χ3v) is 5.43. The van der Waals surface area contributed by atoms with Gasteiger partial charge in [-0.15, -0.1) is 12.4 Å². The minimum atomic E-state index is 0. The zero-order valence-electron chi connectivity index (χ0n) is 13.5. The normalized spacial score (nSPS) is 17.0. The number of carbonyl (C=O) groups is 1. The largest absolute Gasteiger partial charge is 0.352 e. The predicted molar refractivity (Wildman–Crippen MR) is 98.2 cm³/mol. The molecule has 3 heterocycles. The van der Waals surface area contributed by atoms with Crippen LogP contribution in [0.5, 0.6) is 0 Å². The Hall–Kier alpha value is -1.43. The lowest BCUT2D eigenvalue weighted by Crippen LogP contribution is -2.32. The van der Waals surface area contributed by atoms with Crippen molar-refractivity contribution >= 4 is 29.7 Å². The molecule has 2 aromatic heterocycles. The van der Waals surface area contributed by atoms with Gasteiger partial charge in [0.15, 0.2) is 0 Å². The summed E-state index contributed by atoms with van der Waals surface area (Å²) in [5.41, 5.74) is 5.27. The minimum absolute atomic E-state index is 0. The van der Waals surface area contributed by atoms with Gasteiger partial charge < -0.3 is 5.32 Å². The maximum absolute atomic E-state index is 11.8. The molecule has 0 unspecified atom stereocenters. The van der Waals surface area contributed by atoms with Gasteiger partial charge in [0.25, 0.3) is 0 Å². The SMILES string of the molecule is Cl.O=C(NCc1cncc2c1CCN(Cc1ccsc1)C2)C1CC1. The molecule has 1 amide bonds. The second-order valence-electron chi connectivity index (χ2n) is 6.52. The quantitative estimate of drug-likeness (QED) is 0.887. The van der Waals surface area contributed by atoms with Crippen LogP contribution in [0, 0.1) is 5.92 Å². The fourth-order valence-electron chi connectivity index (χ4n) is 3.23. The minimum Gasteiger partial charge on any atom is -0.352 e. The molecule has 1 aliphatic heterocycles. The van der Waals surface area contributed by atoms with Crippen molar-refractivity contribution in [1.82, 2.24) is 15.2 Å². The number of halogens is 1. The van der Waals surface area contributed by atoms with Crippen LogP contribution in [0.2, 0.25) is 0 Å². The first-order valence-electron chi connectivity index (χ1n) is 8.25. The van der Waals surface area contributed by atoms with Crippen molar-refractivity contribution in [3.63, 3.8) is 0 Å². The van der Waals surface area contributed by atoms with Gasteiger partial charge in [-0.05, 0) is 58.3 Å². The lowest BCUT2D eigenvalue weighted by molar-refractivity contribution is -0.122. The molecule has 4 rings (SSSR count). The predicted octanol–water partition coefficient (Wildman–Crippen LogP) is 3.15. The molecule has 1 fully saturated rings. The first kappa shape index (κ1) is 17.4. The van der Waals surface area contributed by atoms with Gasteiger partial charge in [-0.1, -0.05) is 0 Å². The van der Waals surface area contributed by atoms with Gasteiger partial charge in [-0.2, -0.15) is 11.3 Å². The van der Waals surface area contributed by atoms with E-state index in [1.165, 1.54) is 22.3 Å². The number of nitrogens with one attached hydrogen (secondary N) is 1. The van der Waals surface area contributed by atoms with Crippen molar-refractivity contribution in [2.24, 2.45) is 5.92 Å². The second kappa shape index (κ2) is 7.64. The van der Waals surface area contributed by atoms with Crippen LogP contribution in [0.1, 0.15) is 35.1 Å². The van der Waals surface area contributed by atoms with E-state index in [2.05, 4.69) is 32.0 Å². The number of fused-ring (bicyclic) bond motifs is 1. The van der Waals surface area contributed by atoms with Gasteiger partial charge in [0.2, 0.25) is 5.91 Å². The molecule has 1 saturated carbocycles. The Morgan fingerprint density at radius 3 is 3.00 bits per heavy atom. The Morgan fingerprint density at radius 2 is 2.25 bits per heavy atom. The van der Waals surface area contributed by atoms with Gasteiger partial charge >= 0.3 is 0 Å². The Labute approximate surface area is 152 Å². The summed E-state index contributed by atoms with van der Waals surface area (Å²) in [5, 5.41) is 7.42. The van der Waals surface area contributed by atoms with Gasteiger partial charge in [-0.3, -0.25) is 14.7 Å². The number of hydrogen-bond donors (Lipinski definition) is 1. The number of carbonyl (C=O) groups excluding carboxylic acids is 1. The highest BCUT2D eigenvalue weighted by atomic mass is 35.5. The fourth-order valence-corrected chi connectivity index (χ4v) is 3.89. The van der Waals surface area contributed by atoms with Crippen LogP contribution < -0.4 is 5.32 Å². The van der Waals surface area contributed by atoms with E-state index in [1.54, 1.807) is 11.3 Å². The zero-order chi connectivity index (χ0) is 15.6. The molecule has 0 aromatic carbocycles. The van der Waals surface area contributed by atoms with E-state index in [1.807, 2.05) is 12.4 Å². The van der Waals surface area contributed by atoms with E-state index in [4.69, 9.17) is 0 Å². The van der Waals surface area contributed by atoms with E-state index in [0.29, 0.717) is 6.54 Å². The highest BCUT2D eigenvalue weighted by molar-refractivity contribution is 7.07. The third kappa shape index (κ3) is 3.97. The van der Waals surface area contributed by atoms with Crippen LogP contribution in [0.4, 0.5) is 0 Å². The van der Waals surface area contributed by atoms with Crippen LogP contribution in [0.15, 0.2) is 29.2 Å². The fraction of sp³-hybridized carbons (Fsp3) is 0.444. The summed E-state index contributed by atoms with van der Waals surface area (Å²) in [6, 6.07) is 2.20. The molecule has 1 aliphatic carbocycles. The Morgan fingerprint density at radius 1 is 1.38 bits per heavy atom. The monoisotopic (exact) mass is 363 g/mol. The maximum Gasteiger partial charge on any atom is 0.223 e. The molecule has 24 heavy (non-hydrogen) atoms. The number of pyridine rings is 1. The maximum atomic E-state index is 11.8. The molecule has 0 radical (unpaired) electrons. The van der Waals surface area contributed by atoms with Crippen molar-refractivity contribution in [1.29, 1.82) is 0 Å². The third-order valence-electron chi connectivity index (χ3n) is 4.70. The van der Waals surface area contributed by atoms with E-state index in [-0.39, 0.29) is 24.2 Å². The molecule has 0 saturated heterocycles. The molecule has 0 bridgehead atoms. The Bertz CT molecular complexity index is 700. The van der Waals surface area contributed by atoms with Crippen LogP contribution in [-0.2, 0) is 30.8 Å². The number of thiophene rings is 1. The average Bonchev–Trinajstić information content (AvgIpc) is 3.30. The van der Waals surface area contributed by atoms with E-state index >= 15 is 0 Å². The molecule has 1 N–H and O–H groups in total. The summed E-state index contributed by atoms with van der Waals surface area (Å²) in [5.74, 6) is 0.473. The van der Waals surface area contributed by atoms with Gasteiger partial charge in [0.05, 0.1) is 0 Å². The number of rotatable bonds is 5. The van der Waals surface area contributed by atoms with Gasteiger partial charge in [0.1, 0.15) is 0 Å². The van der Waals surface area contributed by atoms with Crippen LogP contribution in [0.3, 0.4) is 0 Å². The smallest absolute Gasteiger partial charge is 0.223 e. The Balaban J connectivity index is 0.00000169. The molecule has 6 heteroatoms. The lowest BCUT2D eigenvalue weighted by Gasteiger charge is -2.29. The summed E-state index contributed by atoms with van der Waals surface area (Å²) in [6.07, 6.45) is 7.04. The van der Waals surface area contributed by atoms with E-state index in [9.17, 15) is 4.79 Å². The lowest BCUT2D eigenvalue weighted by atomic mass is 9.97. The average molecular weight is 364 g/mol. The standard InChI is InChI=1S/C18H21N3OS.ClH/c22-18(14-1-2-14)20-9-15-7-19-8-16-11-21(5-3-17(15)16)10-13-4-6-23-12-13;/h4,6-8,12,14H,1-3,5,9-11H2,(H,20,22);1H.